The van der Waals surface area contributed by atoms with Crippen LogP contribution in [0.25, 0.3) is 17.0 Å². The quantitative estimate of drug-likeness (QED) is 0.572. The SMILES string of the molecule is COc1ccc2[nH]nc(/C=C3\Oc4c(ccc(O)c4CN4CCNCC4)C3=O)c2c1. The number of piperazine rings is 1. The van der Waals surface area contributed by atoms with E-state index in [4.69, 9.17) is 9.47 Å². The second-order valence-corrected chi connectivity index (χ2v) is 7.43. The van der Waals surface area contributed by atoms with Crippen molar-refractivity contribution in [3.05, 3.63) is 52.9 Å². The van der Waals surface area contributed by atoms with Crippen LogP contribution in [-0.4, -0.2) is 59.3 Å². The molecule has 2 aromatic carbocycles. The van der Waals surface area contributed by atoms with E-state index >= 15 is 0 Å². The van der Waals surface area contributed by atoms with E-state index in [1.807, 2.05) is 18.2 Å². The maximum atomic E-state index is 13.0. The number of nitrogens with one attached hydrogen (secondary N) is 2. The zero-order valence-electron chi connectivity index (χ0n) is 16.6. The number of aromatic nitrogens is 2. The summed E-state index contributed by atoms with van der Waals surface area (Å²) in [6.07, 6.45) is 1.63. The molecule has 2 aliphatic heterocycles. The first-order valence-electron chi connectivity index (χ1n) is 9.88. The second kappa shape index (κ2) is 7.47. The Bertz CT molecular complexity index is 1160. The van der Waals surface area contributed by atoms with Crippen LogP contribution >= 0.6 is 0 Å². The number of carbonyl (C=O) groups is 1. The van der Waals surface area contributed by atoms with Crippen LogP contribution in [0.2, 0.25) is 0 Å². The number of H-pyrrole nitrogens is 1. The van der Waals surface area contributed by atoms with Crippen molar-refractivity contribution >= 4 is 22.8 Å². The van der Waals surface area contributed by atoms with Crippen LogP contribution in [0.4, 0.5) is 0 Å². The number of aromatic hydroxyl groups is 1. The van der Waals surface area contributed by atoms with E-state index in [2.05, 4.69) is 20.4 Å². The minimum absolute atomic E-state index is 0.135. The zero-order chi connectivity index (χ0) is 20.7. The predicted octanol–water partition coefficient (Wildman–Crippen LogP) is 2.30. The molecule has 3 heterocycles. The fourth-order valence-electron chi connectivity index (χ4n) is 3.92. The van der Waals surface area contributed by atoms with Crippen LogP contribution in [0.3, 0.4) is 0 Å². The number of rotatable bonds is 4. The molecule has 5 rings (SSSR count). The number of ketones is 1. The molecule has 2 aliphatic rings. The number of phenolic OH excluding ortho intramolecular Hbond substituents is 1. The summed E-state index contributed by atoms with van der Waals surface area (Å²) in [5.74, 6) is 1.24. The van der Waals surface area contributed by atoms with Crippen LogP contribution in [0, 0.1) is 0 Å². The number of methoxy groups -OCH3 is 1. The number of hydrogen-bond donors (Lipinski definition) is 3. The molecule has 0 aliphatic carbocycles. The molecular weight excluding hydrogens is 384 g/mol. The van der Waals surface area contributed by atoms with Gasteiger partial charge < -0.3 is 19.9 Å². The molecule has 0 atom stereocenters. The van der Waals surface area contributed by atoms with Crippen LogP contribution in [0.5, 0.6) is 17.2 Å². The Kier molecular flexibility index (Phi) is 4.65. The van der Waals surface area contributed by atoms with Gasteiger partial charge in [0.15, 0.2) is 5.76 Å². The summed E-state index contributed by atoms with van der Waals surface area (Å²) in [4.78, 5) is 15.2. The normalized spacial score (nSPS) is 18.0. The fourth-order valence-corrected chi connectivity index (χ4v) is 3.92. The summed E-state index contributed by atoms with van der Waals surface area (Å²) >= 11 is 0. The fraction of sp³-hybridized carbons (Fsp3) is 0.273. The van der Waals surface area contributed by atoms with E-state index in [0.717, 1.165) is 37.1 Å². The van der Waals surface area contributed by atoms with Gasteiger partial charge in [-0.15, -0.1) is 0 Å². The highest BCUT2D eigenvalue weighted by Gasteiger charge is 2.32. The van der Waals surface area contributed by atoms with Crippen molar-refractivity contribution in [2.24, 2.45) is 0 Å². The number of fused-ring (bicyclic) bond motifs is 2. The molecule has 0 saturated carbocycles. The van der Waals surface area contributed by atoms with Crippen molar-refractivity contribution in [2.75, 3.05) is 33.3 Å². The van der Waals surface area contributed by atoms with Crippen LogP contribution in [0.1, 0.15) is 21.6 Å². The first-order valence-corrected chi connectivity index (χ1v) is 9.88. The topological polar surface area (TPSA) is 99.7 Å². The average molecular weight is 406 g/mol. The van der Waals surface area contributed by atoms with E-state index in [1.54, 1.807) is 25.3 Å². The molecule has 1 fully saturated rings. The van der Waals surface area contributed by atoms with Gasteiger partial charge >= 0.3 is 0 Å². The molecule has 3 N–H and O–H groups in total. The lowest BCUT2D eigenvalue weighted by Gasteiger charge is -2.27. The van der Waals surface area contributed by atoms with E-state index in [-0.39, 0.29) is 17.3 Å². The number of phenols is 1. The first-order chi connectivity index (χ1) is 14.6. The number of benzene rings is 2. The Balaban J connectivity index is 1.50. The van der Waals surface area contributed by atoms with E-state index in [0.29, 0.717) is 34.9 Å². The summed E-state index contributed by atoms with van der Waals surface area (Å²) in [7, 11) is 1.60. The molecule has 3 aromatic rings. The van der Waals surface area contributed by atoms with E-state index in [9.17, 15) is 9.90 Å². The molecule has 0 spiro atoms. The van der Waals surface area contributed by atoms with Crippen LogP contribution in [-0.2, 0) is 6.54 Å². The molecule has 1 saturated heterocycles. The summed E-state index contributed by atoms with van der Waals surface area (Å²) in [6.45, 7) is 4.08. The van der Waals surface area contributed by atoms with Crippen LogP contribution in [0.15, 0.2) is 36.1 Å². The third-order valence-corrected chi connectivity index (χ3v) is 5.57. The highest BCUT2D eigenvalue weighted by Crippen LogP contribution is 2.40. The molecule has 0 radical (unpaired) electrons. The highest BCUT2D eigenvalue weighted by molar-refractivity contribution is 6.15. The van der Waals surface area contributed by atoms with Gasteiger partial charge in [0, 0.05) is 44.2 Å². The summed E-state index contributed by atoms with van der Waals surface area (Å²) < 4.78 is 11.3. The second-order valence-electron chi connectivity index (χ2n) is 7.43. The van der Waals surface area contributed by atoms with Crippen molar-refractivity contribution in [1.82, 2.24) is 20.4 Å². The van der Waals surface area contributed by atoms with Crippen molar-refractivity contribution in [3.8, 4) is 17.2 Å². The predicted molar refractivity (Wildman–Crippen MR) is 112 cm³/mol. The molecule has 0 amide bonds. The Morgan fingerprint density at radius 3 is 2.90 bits per heavy atom. The Morgan fingerprint density at radius 2 is 2.10 bits per heavy atom. The van der Waals surface area contributed by atoms with Gasteiger partial charge in [-0.3, -0.25) is 14.8 Å². The number of ether oxygens (including phenoxy) is 2. The van der Waals surface area contributed by atoms with Gasteiger partial charge in [-0.05, 0) is 30.3 Å². The van der Waals surface area contributed by atoms with Gasteiger partial charge in [-0.2, -0.15) is 5.10 Å². The number of aromatic amines is 1. The lowest BCUT2D eigenvalue weighted by atomic mass is 10.0. The van der Waals surface area contributed by atoms with E-state index < -0.39 is 0 Å². The number of Topliss-reactive ketones (excluding diaryl/α,β-unsaturated/α-hetero) is 1. The number of hydrogen-bond acceptors (Lipinski definition) is 7. The van der Waals surface area contributed by atoms with Crippen molar-refractivity contribution in [3.63, 3.8) is 0 Å². The third kappa shape index (κ3) is 3.20. The number of carbonyl (C=O) groups excluding carboxylic acids is 1. The van der Waals surface area contributed by atoms with Gasteiger partial charge in [-0.25, -0.2) is 0 Å². The standard InChI is InChI=1S/C22H22N4O4/c1-29-13-2-4-17-15(10-13)18(25-24-17)11-20-21(28)14-3-5-19(27)16(22(14)30-20)12-26-8-6-23-7-9-26/h2-5,10-11,23,27H,6-9,12H2,1H3,(H,24,25)/b20-11-. The summed E-state index contributed by atoms with van der Waals surface area (Å²) in [6, 6.07) is 8.75. The van der Waals surface area contributed by atoms with Crippen LogP contribution < -0.4 is 14.8 Å². The maximum absolute atomic E-state index is 13.0. The molecule has 8 nitrogen and oxygen atoms in total. The summed E-state index contributed by atoms with van der Waals surface area (Å²) in [5, 5.41) is 21.9. The Hall–Kier alpha value is -3.36. The number of nitrogens with zero attached hydrogens (tertiary/aromatic N) is 2. The van der Waals surface area contributed by atoms with Gasteiger partial charge in [-0.1, -0.05) is 0 Å². The lowest BCUT2D eigenvalue weighted by molar-refractivity contribution is 0.101. The first kappa shape index (κ1) is 18.7. The zero-order valence-corrected chi connectivity index (χ0v) is 16.6. The van der Waals surface area contributed by atoms with Gasteiger partial charge in [0.1, 0.15) is 17.2 Å². The minimum atomic E-state index is -0.217. The minimum Gasteiger partial charge on any atom is -0.507 e. The van der Waals surface area contributed by atoms with Gasteiger partial charge in [0.2, 0.25) is 5.78 Å². The van der Waals surface area contributed by atoms with Crippen molar-refractivity contribution in [2.45, 2.75) is 6.54 Å². The molecule has 0 unspecified atom stereocenters. The van der Waals surface area contributed by atoms with Crippen molar-refractivity contribution < 1.29 is 19.4 Å². The molecule has 30 heavy (non-hydrogen) atoms. The molecule has 154 valence electrons. The highest BCUT2D eigenvalue weighted by atomic mass is 16.5. The molecule has 1 aromatic heterocycles. The lowest BCUT2D eigenvalue weighted by Crippen LogP contribution is -2.42. The monoisotopic (exact) mass is 406 g/mol. The molecule has 0 bridgehead atoms. The van der Waals surface area contributed by atoms with E-state index in [1.165, 1.54) is 0 Å². The number of allylic oxidation sites excluding steroid dienone is 1. The maximum Gasteiger partial charge on any atom is 0.232 e. The van der Waals surface area contributed by atoms with Crippen molar-refractivity contribution in [1.29, 1.82) is 0 Å². The smallest absolute Gasteiger partial charge is 0.232 e. The Morgan fingerprint density at radius 1 is 1.27 bits per heavy atom. The largest absolute Gasteiger partial charge is 0.507 e. The molecular formula is C22H22N4O4. The third-order valence-electron chi connectivity index (χ3n) is 5.57. The van der Waals surface area contributed by atoms with Gasteiger partial charge in [0.05, 0.1) is 29.4 Å². The summed E-state index contributed by atoms with van der Waals surface area (Å²) in [5.41, 5.74) is 2.52. The molecule has 8 heteroatoms. The average Bonchev–Trinajstić information content (AvgIpc) is 3.32. The van der Waals surface area contributed by atoms with Gasteiger partial charge in [0.25, 0.3) is 0 Å². The Labute approximate surface area is 173 Å².